The molecule has 6 heteroatoms. The number of amides is 1. The summed E-state index contributed by atoms with van der Waals surface area (Å²) in [4.78, 5) is 13.4. The SMILES string of the molecule is CC(=O)N1CCOC(Cn2cc(-c3ccc(C#CC4CC4)cc3C)nn2)C1. The first-order valence-electron chi connectivity index (χ1n) is 9.48. The quantitative estimate of drug-likeness (QED) is 0.784. The predicted molar refractivity (Wildman–Crippen MR) is 102 cm³/mol. The molecule has 27 heavy (non-hydrogen) atoms. The van der Waals surface area contributed by atoms with E-state index in [1.54, 1.807) is 11.6 Å². The molecule has 1 saturated heterocycles. The van der Waals surface area contributed by atoms with Crippen molar-refractivity contribution in [3.63, 3.8) is 0 Å². The van der Waals surface area contributed by atoms with Crippen LogP contribution in [0.4, 0.5) is 0 Å². The van der Waals surface area contributed by atoms with Crippen molar-refractivity contribution >= 4 is 5.91 Å². The summed E-state index contributed by atoms with van der Waals surface area (Å²) >= 11 is 0. The van der Waals surface area contributed by atoms with Crippen LogP contribution >= 0.6 is 0 Å². The van der Waals surface area contributed by atoms with E-state index >= 15 is 0 Å². The van der Waals surface area contributed by atoms with Gasteiger partial charge in [-0.15, -0.1) is 5.10 Å². The number of carbonyl (C=O) groups excluding carboxylic acids is 1. The Morgan fingerprint density at radius 1 is 1.37 bits per heavy atom. The molecule has 2 heterocycles. The topological polar surface area (TPSA) is 60.2 Å². The van der Waals surface area contributed by atoms with Gasteiger partial charge in [0.25, 0.3) is 0 Å². The van der Waals surface area contributed by atoms with Gasteiger partial charge in [-0.2, -0.15) is 0 Å². The van der Waals surface area contributed by atoms with Gasteiger partial charge < -0.3 is 9.64 Å². The largest absolute Gasteiger partial charge is 0.373 e. The summed E-state index contributed by atoms with van der Waals surface area (Å²) in [5, 5.41) is 8.56. The van der Waals surface area contributed by atoms with Gasteiger partial charge in [-0.05, 0) is 37.5 Å². The van der Waals surface area contributed by atoms with Crippen molar-refractivity contribution in [1.29, 1.82) is 0 Å². The highest BCUT2D eigenvalue weighted by molar-refractivity contribution is 5.73. The average Bonchev–Trinajstić information content (AvgIpc) is 3.38. The van der Waals surface area contributed by atoms with Crippen LogP contribution in [0.3, 0.4) is 0 Å². The molecule has 0 bridgehead atoms. The third kappa shape index (κ3) is 4.37. The number of rotatable bonds is 3. The van der Waals surface area contributed by atoms with Crippen LogP contribution in [0.15, 0.2) is 24.4 Å². The average molecular weight is 364 g/mol. The summed E-state index contributed by atoms with van der Waals surface area (Å²) in [5.74, 6) is 7.24. The zero-order valence-electron chi connectivity index (χ0n) is 15.8. The maximum atomic E-state index is 11.6. The molecule has 1 aromatic heterocycles. The van der Waals surface area contributed by atoms with Gasteiger partial charge in [0.05, 0.1) is 25.5 Å². The third-order valence-electron chi connectivity index (χ3n) is 5.01. The zero-order valence-corrected chi connectivity index (χ0v) is 15.8. The van der Waals surface area contributed by atoms with Crippen LogP contribution in [0, 0.1) is 24.7 Å². The molecule has 0 N–H and O–H groups in total. The minimum absolute atomic E-state index is 0.0571. The summed E-state index contributed by atoms with van der Waals surface area (Å²) < 4.78 is 7.57. The first-order valence-corrected chi connectivity index (χ1v) is 9.48. The maximum Gasteiger partial charge on any atom is 0.219 e. The Morgan fingerprint density at radius 2 is 2.22 bits per heavy atom. The van der Waals surface area contributed by atoms with E-state index < -0.39 is 0 Å². The van der Waals surface area contributed by atoms with Gasteiger partial charge in [-0.1, -0.05) is 23.1 Å². The van der Waals surface area contributed by atoms with Crippen molar-refractivity contribution < 1.29 is 9.53 Å². The second-order valence-electron chi connectivity index (χ2n) is 7.36. The van der Waals surface area contributed by atoms with Gasteiger partial charge in [0.1, 0.15) is 5.69 Å². The van der Waals surface area contributed by atoms with Crippen LogP contribution in [0.25, 0.3) is 11.3 Å². The van der Waals surface area contributed by atoms with E-state index in [2.05, 4.69) is 41.2 Å². The van der Waals surface area contributed by atoms with Gasteiger partial charge in [-0.25, -0.2) is 4.68 Å². The van der Waals surface area contributed by atoms with Crippen LogP contribution in [0.1, 0.15) is 30.9 Å². The summed E-state index contributed by atoms with van der Waals surface area (Å²) in [6.45, 7) is 6.07. The van der Waals surface area contributed by atoms with Crippen LogP contribution in [-0.2, 0) is 16.1 Å². The van der Waals surface area contributed by atoms with Gasteiger partial charge >= 0.3 is 0 Å². The van der Waals surface area contributed by atoms with Crippen molar-refractivity contribution in [2.75, 3.05) is 19.7 Å². The monoisotopic (exact) mass is 364 g/mol. The number of ether oxygens (including phenoxy) is 1. The number of hydrogen-bond acceptors (Lipinski definition) is 4. The minimum Gasteiger partial charge on any atom is -0.373 e. The van der Waals surface area contributed by atoms with Crippen molar-refractivity contribution in [3.8, 4) is 23.1 Å². The molecule has 4 rings (SSSR count). The lowest BCUT2D eigenvalue weighted by Gasteiger charge is -2.32. The molecule has 2 aromatic rings. The smallest absolute Gasteiger partial charge is 0.219 e. The highest BCUT2D eigenvalue weighted by atomic mass is 16.5. The molecule has 0 spiro atoms. The molecule has 1 aliphatic heterocycles. The van der Waals surface area contributed by atoms with Gasteiger partial charge in [0, 0.05) is 37.1 Å². The molecular formula is C21H24N4O2. The minimum atomic E-state index is -0.0571. The fourth-order valence-corrected chi connectivity index (χ4v) is 3.28. The summed E-state index contributed by atoms with van der Waals surface area (Å²) in [6, 6.07) is 6.22. The Labute approximate surface area is 159 Å². The fraction of sp³-hybridized carbons (Fsp3) is 0.476. The van der Waals surface area contributed by atoms with Crippen molar-refractivity contribution in [3.05, 3.63) is 35.5 Å². The lowest BCUT2D eigenvalue weighted by atomic mass is 10.0. The van der Waals surface area contributed by atoms with E-state index in [9.17, 15) is 4.79 Å². The van der Waals surface area contributed by atoms with Crippen molar-refractivity contribution in [1.82, 2.24) is 19.9 Å². The number of carbonyl (C=O) groups is 1. The molecular weight excluding hydrogens is 340 g/mol. The molecule has 1 aliphatic carbocycles. The molecule has 1 unspecified atom stereocenters. The van der Waals surface area contributed by atoms with E-state index in [1.807, 2.05) is 17.2 Å². The second kappa shape index (κ2) is 7.53. The first kappa shape index (κ1) is 17.7. The molecule has 140 valence electrons. The van der Waals surface area contributed by atoms with Crippen molar-refractivity contribution in [2.45, 2.75) is 39.3 Å². The van der Waals surface area contributed by atoms with E-state index in [1.165, 1.54) is 12.8 Å². The second-order valence-corrected chi connectivity index (χ2v) is 7.36. The van der Waals surface area contributed by atoms with Crippen LogP contribution in [0.2, 0.25) is 0 Å². The van der Waals surface area contributed by atoms with Gasteiger partial charge in [-0.3, -0.25) is 4.79 Å². The third-order valence-corrected chi connectivity index (χ3v) is 5.01. The van der Waals surface area contributed by atoms with Crippen LogP contribution in [0.5, 0.6) is 0 Å². The lowest BCUT2D eigenvalue weighted by molar-refractivity contribution is -0.136. The normalized spacial score (nSPS) is 19.5. The lowest BCUT2D eigenvalue weighted by Crippen LogP contribution is -2.46. The first-order chi connectivity index (χ1) is 13.1. The Balaban J connectivity index is 1.44. The fourth-order valence-electron chi connectivity index (χ4n) is 3.28. The zero-order chi connectivity index (χ0) is 18.8. The molecule has 2 aliphatic rings. The molecule has 1 aromatic carbocycles. The van der Waals surface area contributed by atoms with Crippen LogP contribution in [-0.4, -0.2) is 51.6 Å². The molecule has 1 saturated carbocycles. The van der Waals surface area contributed by atoms with Crippen molar-refractivity contribution in [2.24, 2.45) is 5.92 Å². The predicted octanol–water partition coefficient (Wildman–Crippen LogP) is 2.26. The Hall–Kier alpha value is -2.65. The highest BCUT2D eigenvalue weighted by Gasteiger charge is 2.23. The molecule has 2 fully saturated rings. The molecule has 1 atom stereocenters. The summed E-state index contributed by atoms with van der Waals surface area (Å²) in [7, 11) is 0. The standard InChI is InChI=1S/C21H24N4O2/c1-15-11-18(6-5-17-3-4-17)7-8-20(15)21-14-25(23-22-21)13-19-12-24(16(2)26)9-10-27-19/h7-8,11,14,17,19H,3-4,9-10,12-13H2,1-2H3. The molecule has 1 amide bonds. The van der Waals surface area contributed by atoms with E-state index in [0.29, 0.717) is 32.2 Å². The Bertz CT molecular complexity index is 904. The summed E-state index contributed by atoms with van der Waals surface area (Å²) in [5.41, 5.74) is 4.10. The van der Waals surface area contributed by atoms with E-state index in [4.69, 9.17) is 4.74 Å². The number of aryl methyl sites for hydroxylation is 1. The maximum absolute atomic E-state index is 11.6. The van der Waals surface area contributed by atoms with E-state index in [-0.39, 0.29) is 12.0 Å². The molecule has 6 nitrogen and oxygen atoms in total. The summed E-state index contributed by atoms with van der Waals surface area (Å²) in [6.07, 6.45) is 4.36. The van der Waals surface area contributed by atoms with Crippen LogP contribution < -0.4 is 0 Å². The van der Waals surface area contributed by atoms with E-state index in [0.717, 1.165) is 22.4 Å². The number of morpholine rings is 1. The van der Waals surface area contributed by atoms with Gasteiger partial charge in [0.15, 0.2) is 0 Å². The highest BCUT2D eigenvalue weighted by Crippen LogP contribution is 2.28. The number of hydrogen-bond donors (Lipinski definition) is 0. The number of nitrogens with zero attached hydrogens (tertiary/aromatic N) is 4. The van der Waals surface area contributed by atoms with Gasteiger partial charge in [0.2, 0.25) is 5.91 Å². The Kier molecular flexibility index (Phi) is 4.95. The Morgan fingerprint density at radius 3 is 2.96 bits per heavy atom. The number of aromatic nitrogens is 3. The number of benzene rings is 1. The molecule has 0 radical (unpaired) electrons.